The minimum absolute atomic E-state index is 0.00261. The zero-order valence-corrected chi connectivity index (χ0v) is 18.6. The molecule has 162 valence electrons. The van der Waals surface area contributed by atoms with E-state index in [1.807, 2.05) is 6.07 Å². The smallest absolute Gasteiger partial charge is 0.261 e. The van der Waals surface area contributed by atoms with Gasteiger partial charge < -0.3 is 25.0 Å². The Bertz CT molecular complexity index is 967. The molecule has 0 unspecified atom stereocenters. The van der Waals surface area contributed by atoms with E-state index in [1.165, 1.54) is 16.0 Å². The first-order valence-corrected chi connectivity index (χ1v) is 11.1. The normalized spacial score (nSPS) is 21.5. The van der Waals surface area contributed by atoms with Crippen molar-refractivity contribution in [3.63, 3.8) is 0 Å². The summed E-state index contributed by atoms with van der Waals surface area (Å²) in [6.07, 6.45) is 0.0809. The average molecular weight is 432 g/mol. The van der Waals surface area contributed by atoms with E-state index in [4.69, 9.17) is 14.6 Å². The summed E-state index contributed by atoms with van der Waals surface area (Å²) in [4.78, 5) is 15.1. The molecule has 30 heavy (non-hydrogen) atoms. The van der Waals surface area contributed by atoms with Crippen molar-refractivity contribution in [2.45, 2.75) is 45.8 Å². The second-order valence-electron chi connectivity index (χ2n) is 8.79. The maximum atomic E-state index is 12.9. The Labute approximate surface area is 180 Å². The fourth-order valence-electron chi connectivity index (χ4n) is 4.78. The second-order valence-corrected chi connectivity index (χ2v) is 10.0. The Kier molecular flexibility index (Phi) is 5.55. The SMILES string of the molecule is COc1cc(OC[C@H](O)CO)ccc1CNC(=O)c1sc(C)c2c1C[C@@H]1[C@H]2C1(C)C. The molecular formula is C23H29NO5S. The van der Waals surface area contributed by atoms with Crippen molar-refractivity contribution >= 4 is 17.2 Å². The number of thiophene rings is 1. The minimum Gasteiger partial charge on any atom is -0.496 e. The highest BCUT2D eigenvalue weighted by Gasteiger charge is 2.63. The molecule has 4 rings (SSSR count). The first-order chi connectivity index (χ1) is 14.3. The Balaban J connectivity index is 1.43. The van der Waals surface area contributed by atoms with Crippen LogP contribution in [0.2, 0.25) is 0 Å². The van der Waals surface area contributed by atoms with Gasteiger partial charge in [-0.3, -0.25) is 4.79 Å². The lowest BCUT2D eigenvalue weighted by Gasteiger charge is -2.14. The van der Waals surface area contributed by atoms with Crippen molar-refractivity contribution in [3.8, 4) is 11.5 Å². The third-order valence-electron chi connectivity index (χ3n) is 6.58. The van der Waals surface area contributed by atoms with Crippen LogP contribution < -0.4 is 14.8 Å². The second kappa shape index (κ2) is 7.87. The fourth-order valence-corrected chi connectivity index (χ4v) is 5.92. The van der Waals surface area contributed by atoms with Crippen molar-refractivity contribution < 1.29 is 24.5 Å². The van der Waals surface area contributed by atoms with E-state index in [-0.39, 0.29) is 19.1 Å². The molecule has 0 spiro atoms. The molecule has 0 saturated heterocycles. The van der Waals surface area contributed by atoms with Gasteiger partial charge in [-0.2, -0.15) is 0 Å². The Morgan fingerprint density at radius 2 is 2.17 bits per heavy atom. The summed E-state index contributed by atoms with van der Waals surface area (Å²) in [5.41, 5.74) is 3.89. The van der Waals surface area contributed by atoms with Gasteiger partial charge in [-0.15, -0.1) is 11.3 Å². The molecule has 0 radical (unpaired) electrons. The molecule has 2 aliphatic rings. The molecule has 0 aliphatic heterocycles. The van der Waals surface area contributed by atoms with Crippen LogP contribution >= 0.6 is 11.3 Å². The summed E-state index contributed by atoms with van der Waals surface area (Å²) in [5.74, 6) is 2.39. The summed E-state index contributed by atoms with van der Waals surface area (Å²) >= 11 is 1.61. The topological polar surface area (TPSA) is 88.0 Å². The lowest BCUT2D eigenvalue weighted by molar-refractivity contribution is 0.0535. The van der Waals surface area contributed by atoms with Crippen molar-refractivity contribution in [2.75, 3.05) is 20.3 Å². The molecule has 3 N–H and O–H groups in total. The van der Waals surface area contributed by atoms with Crippen LogP contribution in [0.1, 0.15) is 51.0 Å². The monoisotopic (exact) mass is 431 g/mol. The molecule has 1 heterocycles. The lowest BCUT2D eigenvalue weighted by atomic mass is 9.95. The largest absolute Gasteiger partial charge is 0.496 e. The maximum Gasteiger partial charge on any atom is 0.261 e. The van der Waals surface area contributed by atoms with E-state index in [0.717, 1.165) is 16.9 Å². The molecule has 7 heteroatoms. The van der Waals surface area contributed by atoms with Gasteiger partial charge in [0, 0.05) is 23.1 Å². The predicted octanol–water partition coefficient (Wildman–Crippen LogP) is 3.02. The molecule has 1 aromatic carbocycles. The van der Waals surface area contributed by atoms with E-state index >= 15 is 0 Å². The molecule has 1 amide bonds. The van der Waals surface area contributed by atoms with Crippen molar-refractivity contribution in [3.05, 3.63) is 44.6 Å². The lowest BCUT2D eigenvalue weighted by Crippen LogP contribution is -2.23. The average Bonchev–Trinajstić information content (AvgIpc) is 3.06. The number of aliphatic hydroxyl groups is 2. The zero-order valence-electron chi connectivity index (χ0n) is 17.8. The fraction of sp³-hybridized carbons (Fsp3) is 0.522. The number of nitrogens with one attached hydrogen (secondary N) is 1. The van der Waals surface area contributed by atoms with E-state index in [9.17, 15) is 9.90 Å². The number of aryl methyl sites for hydroxylation is 1. The first-order valence-electron chi connectivity index (χ1n) is 10.3. The van der Waals surface area contributed by atoms with Crippen LogP contribution in [0.3, 0.4) is 0 Å². The van der Waals surface area contributed by atoms with Gasteiger partial charge in [-0.25, -0.2) is 0 Å². The van der Waals surface area contributed by atoms with Crippen LogP contribution in [0.4, 0.5) is 0 Å². The highest BCUT2D eigenvalue weighted by atomic mass is 32.1. The quantitative estimate of drug-likeness (QED) is 0.598. The molecule has 1 fully saturated rings. The third-order valence-corrected chi connectivity index (χ3v) is 7.74. The van der Waals surface area contributed by atoms with Crippen LogP contribution in [0.5, 0.6) is 11.5 Å². The molecule has 2 aliphatic carbocycles. The number of carbonyl (C=O) groups excluding carboxylic acids is 1. The van der Waals surface area contributed by atoms with E-state index in [1.54, 1.807) is 30.6 Å². The Morgan fingerprint density at radius 1 is 1.40 bits per heavy atom. The van der Waals surface area contributed by atoms with Crippen LogP contribution in [-0.4, -0.2) is 42.5 Å². The van der Waals surface area contributed by atoms with Gasteiger partial charge in [0.2, 0.25) is 0 Å². The standard InChI is InChI=1S/C23H29NO5S/c1-12-19-16(8-17-20(19)23(17,2)3)21(30-12)22(27)24-9-13-5-6-15(7-18(13)28-4)29-11-14(26)10-25/h5-7,14,17,20,25-26H,8-11H2,1-4H3,(H,24,27)/t14-,17-,20-/m1/s1. The number of hydrogen-bond acceptors (Lipinski definition) is 6. The van der Waals surface area contributed by atoms with Crippen molar-refractivity contribution in [2.24, 2.45) is 11.3 Å². The van der Waals surface area contributed by atoms with Gasteiger partial charge in [-0.1, -0.05) is 13.8 Å². The third kappa shape index (κ3) is 3.59. The van der Waals surface area contributed by atoms with Gasteiger partial charge in [0.15, 0.2) is 0 Å². The van der Waals surface area contributed by atoms with Crippen LogP contribution in [-0.2, 0) is 13.0 Å². The van der Waals surface area contributed by atoms with Gasteiger partial charge >= 0.3 is 0 Å². The number of rotatable bonds is 8. The summed E-state index contributed by atoms with van der Waals surface area (Å²) in [6.45, 7) is 6.78. The highest BCUT2D eigenvalue weighted by Crippen LogP contribution is 2.71. The summed E-state index contributed by atoms with van der Waals surface area (Å²) in [6, 6.07) is 5.31. The number of benzene rings is 1. The molecule has 1 saturated carbocycles. The molecule has 2 aromatic rings. The Hall–Kier alpha value is -2.09. The predicted molar refractivity (Wildman–Crippen MR) is 116 cm³/mol. The number of fused-ring (bicyclic) bond motifs is 3. The molecule has 0 bridgehead atoms. The van der Waals surface area contributed by atoms with Gasteiger partial charge in [0.1, 0.15) is 24.2 Å². The summed E-state index contributed by atoms with van der Waals surface area (Å²) in [7, 11) is 1.57. The van der Waals surface area contributed by atoms with Crippen molar-refractivity contribution in [1.82, 2.24) is 5.32 Å². The molecule has 3 atom stereocenters. The molecule has 1 aromatic heterocycles. The minimum atomic E-state index is -0.928. The zero-order chi connectivity index (χ0) is 21.6. The maximum absolute atomic E-state index is 12.9. The molecular weight excluding hydrogens is 402 g/mol. The van der Waals surface area contributed by atoms with Gasteiger partial charge in [-0.05, 0) is 53.9 Å². The van der Waals surface area contributed by atoms with Crippen LogP contribution in [0.15, 0.2) is 18.2 Å². The van der Waals surface area contributed by atoms with Crippen LogP contribution in [0.25, 0.3) is 0 Å². The van der Waals surface area contributed by atoms with Crippen LogP contribution in [0, 0.1) is 18.3 Å². The number of amides is 1. The highest BCUT2D eigenvalue weighted by molar-refractivity contribution is 7.14. The summed E-state index contributed by atoms with van der Waals surface area (Å²) < 4.78 is 10.9. The first kappa shape index (κ1) is 21.2. The number of aliphatic hydroxyl groups excluding tert-OH is 2. The number of methoxy groups -OCH3 is 1. The number of hydrogen-bond donors (Lipinski definition) is 3. The number of carbonyl (C=O) groups is 1. The van der Waals surface area contributed by atoms with E-state index in [2.05, 4.69) is 26.1 Å². The van der Waals surface area contributed by atoms with E-state index in [0.29, 0.717) is 35.3 Å². The van der Waals surface area contributed by atoms with Crippen molar-refractivity contribution in [1.29, 1.82) is 0 Å². The van der Waals surface area contributed by atoms with Gasteiger partial charge in [0.25, 0.3) is 5.91 Å². The van der Waals surface area contributed by atoms with Gasteiger partial charge in [0.05, 0.1) is 18.6 Å². The van der Waals surface area contributed by atoms with E-state index < -0.39 is 6.10 Å². The molecule has 6 nitrogen and oxygen atoms in total. The summed E-state index contributed by atoms with van der Waals surface area (Å²) in [5, 5.41) is 21.3. The Morgan fingerprint density at radius 3 is 2.87 bits per heavy atom. The number of ether oxygens (including phenoxy) is 2.